The lowest BCUT2D eigenvalue weighted by atomic mass is 9.45. The van der Waals surface area contributed by atoms with Crippen LogP contribution in [0.5, 0.6) is 0 Å². The number of aromatic nitrogens is 1. The Morgan fingerprint density at radius 2 is 1.23 bits per heavy atom. The van der Waals surface area contributed by atoms with Crippen molar-refractivity contribution in [2.24, 2.45) is 0 Å². The summed E-state index contributed by atoms with van der Waals surface area (Å²) in [5, 5.41) is 7.14. The molecule has 0 bridgehead atoms. The van der Waals surface area contributed by atoms with E-state index in [-0.39, 0.29) is 12.3 Å². The quantitative estimate of drug-likeness (QED) is 0.174. The van der Waals surface area contributed by atoms with E-state index in [0.29, 0.717) is 0 Å². The molecule has 4 heterocycles. The van der Waals surface area contributed by atoms with E-state index in [1.807, 2.05) is 0 Å². The number of anilines is 3. The minimum absolute atomic E-state index is 0.0309. The Labute approximate surface area is 305 Å². The van der Waals surface area contributed by atoms with Crippen molar-refractivity contribution in [2.75, 3.05) is 4.90 Å². The maximum Gasteiger partial charge on any atom is 0.333 e. The molecule has 0 N–H and O–H groups in total. The second-order valence-corrected chi connectivity index (χ2v) is 19.4. The normalized spacial score (nSPS) is 15.8. The Balaban J connectivity index is 1.29. The summed E-state index contributed by atoms with van der Waals surface area (Å²) in [5.41, 5.74) is 17.7. The molecular formula is C48H35BN2Si. The van der Waals surface area contributed by atoms with E-state index < -0.39 is 8.07 Å². The predicted octanol–water partition coefficient (Wildman–Crippen LogP) is 7.36. The molecule has 8 aromatic rings. The molecule has 0 spiro atoms. The van der Waals surface area contributed by atoms with Crippen LogP contribution < -0.4 is 36.6 Å². The van der Waals surface area contributed by atoms with Gasteiger partial charge in [0.05, 0.1) is 0 Å². The second-order valence-electron chi connectivity index (χ2n) is 15.7. The molecule has 0 fully saturated rings. The average Bonchev–Trinajstić information content (AvgIpc) is 3.66. The van der Waals surface area contributed by atoms with E-state index in [2.05, 4.69) is 188 Å². The topological polar surface area (TPSA) is 8.17 Å². The smallest absolute Gasteiger partial charge is 0.333 e. The van der Waals surface area contributed by atoms with Crippen molar-refractivity contribution in [2.45, 2.75) is 26.2 Å². The molecule has 4 aliphatic rings. The summed E-state index contributed by atoms with van der Waals surface area (Å²) in [6.45, 7) is 7.17. The number of nitrogens with zero attached hydrogens (tertiary/aromatic N) is 2. The number of rotatable bonds is 2. The summed E-state index contributed by atoms with van der Waals surface area (Å²) >= 11 is 0. The van der Waals surface area contributed by atoms with Gasteiger partial charge in [0.25, 0.3) is 0 Å². The zero-order chi connectivity index (χ0) is 34.5. The molecule has 0 amide bonds. The fourth-order valence-corrected chi connectivity index (χ4v) is 16.1. The first-order chi connectivity index (χ1) is 25.5. The molecule has 4 heteroatoms. The van der Waals surface area contributed by atoms with Crippen LogP contribution in [0.15, 0.2) is 158 Å². The van der Waals surface area contributed by atoms with E-state index in [0.717, 1.165) is 0 Å². The van der Waals surface area contributed by atoms with Gasteiger partial charge in [-0.15, -0.1) is 0 Å². The van der Waals surface area contributed by atoms with Crippen molar-refractivity contribution in [3.05, 3.63) is 174 Å². The zero-order valence-electron chi connectivity index (χ0n) is 29.5. The van der Waals surface area contributed by atoms with Crippen LogP contribution in [-0.2, 0) is 5.41 Å². The minimum atomic E-state index is -2.77. The molecule has 0 saturated heterocycles. The van der Waals surface area contributed by atoms with Gasteiger partial charge in [-0.3, -0.25) is 0 Å². The number of hydrogen-bond acceptors (Lipinski definition) is 1. The van der Waals surface area contributed by atoms with Gasteiger partial charge in [-0.25, -0.2) is 0 Å². The summed E-state index contributed by atoms with van der Waals surface area (Å²) in [4.78, 5) is 2.66. The van der Waals surface area contributed by atoms with Crippen LogP contribution in [0, 0.1) is 6.92 Å². The highest BCUT2D eigenvalue weighted by Gasteiger charge is 2.54. The van der Waals surface area contributed by atoms with Crippen molar-refractivity contribution in [1.82, 2.24) is 4.48 Å². The van der Waals surface area contributed by atoms with Gasteiger partial charge in [-0.2, -0.15) is 0 Å². The van der Waals surface area contributed by atoms with Gasteiger partial charge in [0, 0.05) is 50.2 Å². The van der Waals surface area contributed by atoms with Crippen LogP contribution in [0.3, 0.4) is 0 Å². The minimum Gasteiger partial charge on any atom is -0.375 e. The van der Waals surface area contributed by atoms with Crippen LogP contribution in [0.25, 0.3) is 33.3 Å². The fraction of sp³-hybridized carbons (Fsp3) is 0.0833. The van der Waals surface area contributed by atoms with Crippen LogP contribution >= 0.6 is 0 Å². The van der Waals surface area contributed by atoms with Gasteiger partial charge in [-0.05, 0) is 73.0 Å². The summed E-state index contributed by atoms with van der Waals surface area (Å²) in [5.74, 6) is 0. The predicted molar refractivity (Wildman–Crippen MR) is 222 cm³/mol. The maximum absolute atomic E-state index is 2.77. The van der Waals surface area contributed by atoms with Crippen molar-refractivity contribution < 1.29 is 0 Å². The molecule has 1 aromatic heterocycles. The van der Waals surface area contributed by atoms with Crippen LogP contribution in [-0.4, -0.2) is 19.4 Å². The number of benzene rings is 7. The third-order valence-corrected chi connectivity index (χ3v) is 17.7. The standard InChI is InChI=1S/C48H35BN2Si/c1-30-28-36-33-21-14-22-35-43-46(34-20-10-11-23-37(34)48(43,2)3)51(45(33)35)49-38-24-15-27-42-47(38)50(40(29-30)44(36)49)39-25-12-13-26-41(39)52(42,31-16-6-4-7-17-31)32-18-8-5-9-19-32/h4-29H,1-3H3. The summed E-state index contributed by atoms with van der Waals surface area (Å²) in [6, 6.07) is 60.6. The molecule has 2 nitrogen and oxygen atoms in total. The van der Waals surface area contributed by atoms with Gasteiger partial charge >= 0.3 is 6.85 Å². The van der Waals surface area contributed by atoms with Gasteiger partial charge in [-0.1, -0.05) is 159 Å². The lowest BCUT2D eigenvalue weighted by Gasteiger charge is -2.49. The van der Waals surface area contributed by atoms with E-state index in [1.165, 1.54) is 98.7 Å². The van der Waals surface area contributed by atoms with Gasteiger partial charge in [0.15, 0.2) is 8.07 Å². The highest BCUT2D eigenvalue weighted by molar-refractivity contribution is 7.21. The number of aryl methyl sites for hydroxylation is 1. The molecule has 0 saturated carbocycles. The highest BCUT2D eigenvalue weighted by Crippen LogP contribution is 2.56. The first-order valence-electron chi connectivity index (χ1n) is 18.6. The van der Waals surface area contributed by atoms with Crippen LogP contribution in [0.2, 0.25) is 0 Å². The lowest BCUT2D eigenvalue weighted by Crippen LogP contribution is -2.78. The molecule has 0 unspecified atom stereocenters. The summed E-state index contributed by atoms with van der Waals surface area (Å²) in [7, 11) is -2.77. The van der Waals surface area contributed by atoms with Crippen molar-refractivity contribution >= 4 is 74.6 Å². The Hall–Kier alpha value is -5.84. The number of hydrogen-bond donors (Lipinski definition) is 0. The van der Waals surface area contributed by atoms with E-state index in [9.17, 15) is 0 Å². The molecular weight excluding hydrogens is 643 g/mol. The Bertz CT molecular complexity index is 2810. The molecule has 244 valence electrons. The SMILES string of the molecule is Cc1cc2c3c(c1)N1c4ccccc4[Si](c4ccccc4)(c4ccccc4)c4cccc(c41)B3n1c3c(c4cccc-2c41)C(C)(C)c1ccccc1-3. The maximum atomic E-state index is 2.77. The summed E-state index contributed by atoms with van der Waals surface area (Å²) in [6.07, 6.45) is 0. The fourth-order valence-electron chi connectivity index (χ4n) is 11.0. The van der Waals surface area contributed by atoms with E-state index in [1.54, 1.807) is 0 Å². The van der Waals surface area contributed by atoms with E-state index >= 15 is 0 Å². The Kier molecular flexibility index (Phi) is 5.39. The lowest BCUT2D eigenvalue weighted by molar-refractivity contribution is 0.666. The molecule has 3 aliphatic heterocycles. The Morgan fingerprint density at radius 3 is 2.02 bits per heavy atom. The van der Waals surface area contributed by atoms with Crippen molar-refractivity contribution in [1.29, 1.82) is 0 Å². The molecule has 1 aliphatic carbocycles. The second kappa shape index (κ2) is 9.73. The van der Waals surface area contributed by atoms with Gasteiger partial charge in [0.2, 0.25) is 0 Å². The zero-order valence-corrected chi connectivity index (χ0v) is 30.5. The van der Waals surface area contributed by atoms with Crippen molar-refractivity contribution in [3.63, 3.8) is 0 Å². The molecule has 7 aromatic carbocycles. The Morgan fingerprint density at radius 1 is 0.577 bits per heavy atom. The van der Waals surface area contributed by atoms with Crippen LogP contribution in [0.4, 0.5) is 17.1 Å². The van der Waals surface area contributed by atoms with Crippen molar-refractivity contribution in [3.8, 4) is 22.4 Å². The molecule has 12 rings (SSSR count). The first-order valence-corrected chi connectivity index (χ1v) is 20.6. The first kappa shape index (κ1) is 28.8. The van der Waals surface area contributed by atoms with E-state index in [4.69, 9.17) is 0 Å². The molecule has 0 radical (unpaired) electrons. The number of para-hydroxylation sites is 3. The third-order valence-electron chi connectivity index (χ3n) is 12.8. The molecule has 52 heavy (non-hydrogen) atoms. The van der Waals surface area contributed by atoms with Gasteiger partial charge < -0.3 is 9.38 Å². The third kappa shape index (κ3) is 3.21. The van der Waals surface area contributed by atoms with Gasteiger partial charge in [0.1, 0.15) is 0 Å². The number of fused-ring (bicyclic) bond motifs is 11. The largest absolute Gasteiger partial charge is 0.375 e. The van der Waals surface area contributed by atoms with Crippen LogP contribution in [0.1, 0.15) is 30.5 Å². The monoisotopic (exact) mass is 678 g/mol. The molecule has 0 atom stereocenters. The average molecular weight is 679 g/mol. The summed E-state index contributed by atoms with van der Waals surface area (Å²) < 4.78 is 2.77. The highest BCUT2D eigenvalue weighted by atomic mass is 28.3.